The number of amides is 3. The lowest BCUT2D eigenvalue weighted by atomic mass is 9.84. The van der Waals surface area contributed by atoms with Gasteiger partial charge in [-0.05, 0) is 62.1 Å². The minimum absolute atomic E-state index is 0.183. The fourth-order valence-corrected chi connectivity index (χ4v) is 5.92. The lowest BCUT2D eigenvalue weighted by Crippen LogP contribution is -2.56. The molecular formula is C32H30ClN3O4. The summed E-state index contributed by atoms with van der Waals surface area (Å²) < 4.78 is 6.00. The summed E-state index contributed by atoms with van der Waals surface area (Å²) in [6.45, 7) is 3.64. The molecule has 1 saturated heterocycles. The number of benzene rings is 3. The highest BCUT2D eigenvalue weighted by molar-refractivity contribution is 6.30. The van der Waals surface area contributed by atoms with Crippen molar-refractivity contribution in [3.8, 4) is 6.07 Å². The van der Waals surface area contributed by atoms with Crippen molar-refractivity contribution < 1.29 is 19.1 Å². The number of carbonyl (C=O) groups is 3. The van der Waals surface area contributed by atoms with Crippen LogP contribution in [0, 0.1) is 16.7 Å². The van der Waals surface area contributed by atoms with Crippen molar-refractivity contribution >= 4 is 29.3 Å². The van der Waals surface area contributed by atoms with Crippen molar-refractivity contribution in [1.29, 1.82) is 5.26 Å². The molecule has 0 spiro atoms. The lowest BCUT2D eigenvalue weighted by Gasteiger charge is -2.39. The maximum atomic E-state index is 14.6. The number of imide groups is 1. The molecule has 2 aliphatic heterocycles. The predicted molar refractivity (Wildman–Crippen MR) is 150 cm³/mol. The third-order valence-electron chi connectivity index (χ3n) is 7.80. The van der Waals surface area contributed by atoms with Crippen molar-refractivity contribution in [2.75, 3.05) is 6.61 Å². The number of likely N-dealkylation sites (tertiary alicyclic amines) is 1. The van der Waals surface area contributed by atoms with Gasteiger partial charge in [-0.15, -0.1) is 0 Å². The fourth-order valence-electron chi connectivity index (χ4n) is 5.72. The quantitative estimate of drug-likeness (QED) is 0.327. The summed E-state index contributed by atoms with van der Waals surface area (Å²) in [6.07, 6.45) is 1.20. The van der Waals surface area contributed by atoms with Gasteiger partial charge in [-0.3, -0.25) is 19.3 Å². The molecule has 0 N–H and O–H groups in total. The predicted octanol–water partition coefficient (Wildman–Crippen LogP) is 5.80. The summed E-state index contributed by atoms with van der Waals surface area (Å²) in [5, 5.41) is 10.6. The van der Waals surface area contributed by atoms with Gasteiger partial charge in [-0.1, -0.05) is 66.2 Å². The molecule has 2 heterocycles. The van der Waals surface area contributed by atoms with Crippen LogP contribution in [0.2, 0.25) is 5.02 Å². The van der Waals surface area contributed by atoms with Gasteiger partial charge in [-0.2, -0.15) is 5.26 Å². The fraction of sp³-hybridized carbons (Fsp3) is 0.312. The summed E-state index contributed by atoms with van der Waals surface area (Å²) in [6, 6.07) is 23.7. The van der Waals surface area contributed by atoms with E-state index in [4.69, 9.17) is 16.3 Å². The number of nitriles is 1. The van der Waals surface area contributed by atoms with E-state index >= 15 is 0 Å². The van der Waals surface area contributed by atoms with E-state index in [2.05, 4.69) is 6.07 Å². The number of ether oxygens (including phenoxy) is 1. The molecule has 3 aromatic carbocycles. The molecule has 0 bridgehead atoms. The summed E-state index contributed by atoms with van der Waals surface area (Å²) in [7, 11) is 0. The van der Waals surface area contributed by atoms with E-state index in [1.54, 1.807) is 49.1 Å². The molecule has 8 heteroatoms. The third kappa shape index (κ3) is 5.13. The zero-order valence-electron chi connectivity index (χ0n) is 22.4. The van der Waals surface area contributed by atoms with Crippen LogP contribution in [0.5, 0.6) is 0 Å². The number of nitrogens with zero attached hydrogens (tertiary/aromatic N) is 3. The highest BCUT2D eigenvalue weighted by Gasteiger charge is 2.51. The van der Waals surface area contributed by atoms with Gasteiger partial charge in [0.15, 0.2) is 0 Å². The van der Waals surface area contributed by atoms with Crippen molar-refractivity contribution in [3.05, 3.63) is 106 Å². The molecule has 0 radical (unpaired) electrons. The molecule has 0 aliphatic carbocycles. The van der Waals surface area contributed by atoms with Crippen molar-refractivity contribution in [3.63, 3.8) is 0 Å². The van der Waals surface area contributed by atoms with Crippen molar-refractivity contribution in [1.82, 2.24) is 9.80 Å². The largest absolute Gasteiger partial charge is 0.374 e. The first kappa shape index (κ1) is 27.6. The van der Waals surface area contributed by atoms with E-state index < -0.39 is 35.2 Å². The van der Waals surface area contributed by atoms with Gasteiger partial charge < -0.3 is 9.64 Å². The topological polar surface area (TPSA) is 90.7 Å². The highest BCUT2D eigenvalue weighted by Crippen LogP contribution is 2.44. The minimum atomic E-state index is -1.21. The van der Waals surface area contributed by atoms with Crippen LogP contribution in [-0.4, -0.2) is 46.2 Å². The van der Waals surface area contributed by atoms with Gasteiger partial charge in [0.2, 0.25) is 5.91 Å². The number of fused-ring (bicyclic) bond motifs is 1. The molecule has 0 saturated carbocycles. The van der Waals surface area contributed by atoms with Crippen molar-refractivity contribution in [2.24, 2.45) is 5.41 Å². The van der Waals surface area contributed by atoms with Crippen LogP contribution in [0.1, 0.15) is 64.6 Å². The Morgan fingerprint density at radius 1 is 1.00 bits per heavy atom. The first-order chi connectivity index (χ1) is 19.2. The van der Waals surface area contributed by atoms with Gasteiger partial charge >= 0.3 is 0 Å². The molecule has 3 atom stereocenters. The van der Waals surface area contributed by atoms with E-state index in [-0.39, 0.29) is 30.4 Å². The lowest BCUT2D eigenvalue weighted by molar-refractivity contribution is -0.142. The summed E-state index contributed by atoms with van der Waals surface area (Å²) in [5.41, 5.74) is 1.38. The Balaban J connectivity index is 1.53. The highest BCUT2D eigenvalue weighted by atomic mass is 35.5. The van der Waals surface area contributed by atoms with Gasteiger partial charge in [-0.25, -0.2) is 0 Å². The Morgan fingerprint density at radius 2 is 1.65 bits per heavy atom. The second-order valence-electron chi connectivity index (χ2n) is 10.8. The molecule has 3 amide bonds. The minimum Gasteiger partial charge on any atom is -0.374 e. The van der Waals surface area contributed by atoms with Crippen LogP contribution in [0.25, 0.3) is 0 Å². The first-order valence-electron chi connectivity index (χ1n) is 13.3. The maximum Gasteiger partial charge on any atom is 0.262 e. The van der Waals surface area contributed by atoms with Gasteiger partial charge in [0.1, 0.15) is 6.04 Å². The monoisotopic (exact) mass is 555 g/mol. The molecule has 40 heavy (non-hydrogen) atoms. The second-order valence-corrected chi connectivity index (χ2v) is 11.2. The Bertz CT molecular complexity index is 1450. The van der Waals surface area contributed by atoms with E-state index in [0.717, 1.165) is 16.0 Å². The van der Waals surface area contributed by atoms with Crippen LogP contribution in [0.4, 0.5) is 0 Å². The van der Waals surface area contributed by atoms with E-state index in [1.165, 1.54) is 0 Å². The smallest absolute Gasteiger partial charge is 0.262 e. The molecule has 5 rings (SSSR count). The molecule has 7 nitrogen and oxygen atoms in total. The van der Waals surface area contributed by atoms with E-state index in [0.29, 0.717) is 17.9 Å². The van der Waals surface area contributed by atoms with Gasteiger partial charge in [0, 0.05) is 5.02 Å². The number of hydrogen-bond donors (Lipinski definition) is 0. The molecule has 3 aromatic rings. The molecule has 1 fully saturated rings. The summed E-state index contributed by atoms with van der Waals surface area (Å²) in [4.78, 5) is 44.4. The van der Waals surface area contributed by atoms with Crippen LogP contribution < -0.4 is 0 Å². The molecule has 0 aromatic heterocycles. The average Bonchev–Trinajstić information content (AvgIpc) is 3.52. The van der Waals surface area contributed by atoms with E-state index in [9.17, 15) is 19.6 Å². The normalized spacial score (nSPS) is 19.4. The maximum absolute atomic E-state index is 14.6. The van der Waals surface area contributed by atoms with Crippen LogP contribution in [0.3, 0.4) is 0 Å². The Kier molecular flexibility index (Phi) is 7.75. The van der Waals surface area contributed by atoms with Crippen LogP contribution in [0.15, 0.2) is 78.9 Å². The SMILES string of the molecule is CC(C)(C#N)[C@H]1CC[C@@H](c2cccc(Cl)c2)N1C(=O)C(COCc1ccccc1)N1C(=O)c2ccccc2C1=O. The summed E-state index contributed by atoms with van der Waals surface area (Å²) >= 11 is 6.31. The van der Waals surface area contributed by atoms with Crippen LogP contribution in [-0.2, 0) is 16.1 Å². The standard InChI is InChI=1S/C32H30ClN3O4/c1-32(2,20-34)28-16-15-26(22-11-8-12-23(33)17-22)35(28)31(39)27(19-40-18-21-9-4-3-5-10-21)36-29(37)24-13-6-7-14-25(24)30(36)38/h3-14,17,26-28H,15-16,18-19H2,1-2H3/t26-,27?,28+/m0/s1. The van der Waals surface area contributed by atoms with Crippen molar-refractivity contribution in [2.45, 2.75) is 51.4 Å². The Labute approximate surface area is 238 Å². The third-order valence-corrected chi connectivity index (χ3v) is 8.04. The van der Waals surface area contributed by atoms with E-state index in [1.807, 2.05) is 48.5 Å². The van der Waals surface area contributed by atoms with Gasteiger partial charge in [0.25, 0.3) is 11.8 Å². The van der Waals surface area contributed by atoms with Gasteiger partial charge in [0.05, 0.1) is 47.9 Å². The molecule has 204 valence electrons. The Hall–Kier alpha value is -3.99. The molecular weight excluding hydrogens is 526 g/mol. The molecule has 2 aliphatic rings. The Morgan fingerprint density at radius 3 is 2.27 bits per heavy atom. The number of carbonyl (C=O) groups excluding carboxylic acids is 3. The second kappa shape index (κ2) is 11.2. The number of hydrogen-bond acceptors (Lipinski definition) is 5. The average molecular weight is 556 g/mol. The zero-order chi connectivity index (χ0) is 28.4. The zero-order valence-corrected chi connectivity index (χ0v) is 23.2. The first-order valence-corrected chi connectivity index (χ1v) is 13.7. The number of rotatable bonds is 8. The summed E-state index contributed by atoms with van der Waals surface area (Å²) in [5.74, 6) is -1.49. The number of halogens is 1. The van der Waals surface area contributed by atoms with Crippen LogP contribution >= 0.6 is 11.6 Å². The molecule has 1 unspecified atom stereocenters.